The van der Waals surface area contributed by atoms with Crippen molar-refractivity contribution in [2.45, 2.75) is 6.92 Å². The van der Waals surface area contributed by atoms with Crippen molar-refractivity contribution >= 4 is 5.97 Å². The van der Waals surface area contributed by atoms with Gasteiger partial charge in [0.2, 0.25) is 0 Å². The lowest BCUT2D eigenvalue weighted by Crippen LogP contribution is -2.04. The maximum absolute atomic E-state index is 13.5. The SMILES string of the molecule is Cc1ccncc1-c1cccc(F)c1C(=O)O. The number of pyridine rings is 1. The molecule has 0 spiro atoms. The first-order valence-electron chi connectivity index (χ1n) is 5.04. The molecular formula is C13H10FNO2. The fraction of sp³-hybridized carbons (Fsp3) is 0.0769. The summed E-state index contributed by atoms with van der Waals surface area (Å²) in [5.74, 6) is -2.01. The second kappa shape index (κ2) is 4.33. The van der Waals surface area contributed by atoms with Gasteiger partial charge in [0.25, 0.3) is 0 Å². The maximum atomic E-state index is 13.5. The van der Waals surface area contributed by atoms with Crippen molar-refractivity contribution in [3.8, 4) is 11.1 Å². The van der Waals surface area contributed by atoms with E-state index in [0.717, 1.165) is 11.6 Å². The third kappa shape index (κ3) is 2.01. The third-order valence-electron chi connectivity index (χ3n) is 2.56. The van der Waals surface area contributed by atoms with E-state index < -0.39 is 11.8 Å². The van der Waals surface area contributed by atoms with Crippen LogP contribution in [0.5, 0.6) is 0 Å². The zero-order chi connectivity index (χ0) is 12.4. The van der Waals surface area contributed by atoms with Gasteiger partial charge in [-0.05, 0) is 24.6 Å². The fourth-order valence-electron chi connectivity index (χ4n) is 1.71. The summed E-state index contributed by atoms with van der Waals surface area (Å²) < 4.78 is 13.5. The Bertz CT molecular complexity index is 581. The second-order valence-corrected chi connectivity index (χ2v) is 3.66. The summed E-state index contributed by atoms with van der Waals surface area (Å²) in [6.45, 7) is 1.83. The standard InChI is InChI=1S/C13H10FNO2/c1-8-5-6-15-7-10(8)9-3-2-4-11(14)12(9)13(16)17/h2-7H,1H3,(H,16,17). The van der Waals surface area contributed by atoms with E-state index in [2.05, 4.69) is 4.98 Å². The lowest BCUT2D eigenvalue weighted by molar-refractivity contribution is 0.0693. The van der Waals surface area contributed by atoms with Gasteiger partial charge in [0.1, 0.15) is 11.4 Å². The largest absolute Gasteiger partial charge is 0.478 e. The molecule has 0 amide bonds. The molecule has 2 aromatic rings. The number of carbonyl (C=O) groups is 1. The molecule has 1 aromatic heterocycles. The average molecular weight is 231 g/mol. The number of rotatable bonds is 2. The summed E-state index contributed by atoms with van der Waals surface area (Å²) in [6.07, 6.45) is 3.15. The van der Waals surface area contributed by atoms with E-state index in [9.17, 15) is 9.18 Å². The van der Waals surface area contributed by atoms with E-state index in [0.29, 0.717) is 11.1 Å². The highest BCUT2D eigenvalue weighted by atomic mass is 19.1. The van der Waals surface area contributed by atoms with Gasteiger partial charge in [-0.1, -0.05) is 12.1 Å². The minimum atomic E-state index is -1.28. The lowest BCUT2D eigenvalue weighted by atomic mass is 9.97. The normalized spacial score (nSPS) is 10.2. The third-order valence-corrected chi connectivity index (χ3v) is 2.56. The van der Waals surface area contributed by atoms with Crippen LogP contribution in [-0.4, -0.2) is 16.1 Å². The van der Waals surface area contributed by atoms with Gasteiger partial charge in [-0.15, -0.1) is 0 Å². The van der Waals surface area contributed by atoms with E-state index >= 15 is 0 Å². The molecular weight excluding hydrogens is 221 g/mol. The van der Waals surface area contributed by atoms with E-state index in [-0.39, 0.29) is 5.56 Å². The van der Waals surface area contributed by atoms with Crippen molar-refractivity contribution in [1.29, 1.82) is 0 Å². The topological polar surface area (TPSA) is 50.2 Å². The van der Waals surface area contributed by atoms with E-state index in [4.69, 9.17) is 5.11 Å². The van der Waals surface area contributed by atoms with Crippen molar-refractivity contribution in [1.82, 2.24) is 4.98 Å². The lowest BCUT2D eigenvalue weighted by Gasteiger charge is -2.09. The van der Waals surface area contributed by atoms with Crippen LogP contribution in [0.25, 0.3) is 11.1 Å². The Hall–Kier alpha value is -2.23. The molecule has 1 heterocycles. The molecule has 3 nitrogen and oxygen atoms in total. The zero-order valence-corrected chi connectivity index (χ0v) is 9.14. The van der Waals surface area contributed by atoms with Crippen LogP contribution in [-0.2, 0) is 0 Å². The summed E-state index contributed by atoms with van der Waals surface area (Å²) in [4.78, 5) is 15.0. The van der Waals surface area contributed by atoms with Gasteiger partial charge in [0, 0.05) is 23.5 Å². The Morgan fingerprint density at radius 1 is 1.29 bits per heavy atom. The predicted octanol–water partition coefficient (Wildman–Crippen LogP) is 2.89. The van der Waals surface area contributed by atoms with Gasteiger partial charge in [0.05, 0.1) is 0 Å². The number of aromatic carboxylic acids is 1. The van der Waals surface area contributed by atoms with Crippen molar-refractivity contribution < 1.29 is 14.3 Å². The molecule has 0 saturated carbocycles. The van der Waals surface area contributed by atoms with Gasteiger partial charge < -0.3 is 5.11 Å². The molecule has 17 heavy (non-hydrogen) atoms. The first kappa shape index (κ1) is 11.3. The van der Waals surface area contributed by atoms with Crippen LogP contribution in [0, 0.1) is 12.7 Å². The zero-order valence-electron chi connectivity index (χ0n) is 9.14. The van der Waals surface area contributed by atoms with E-state index in [1.54, 1.807) is 18.3 Å². The molecule has 0 atom stereocenters. The molecule has 0 radical (unpaired) electrons. The molecule has 0 aliphatic carbocycles. The number of benzene rings is 1. The van der Waals surface area contributed by atoms with Crippen molar-refractivity contribution in [2.24, 2.45) is 0 Å². The Morgan fingerprint density at radius 2 is 2.06 bits per heavy atom. The first-order chi connectivity index (χ1) is 8.11. The van der Waals surface area contributed by atoms with E-state index in [1.165, 1.54) is 12.3 Å². The molecule has 4 heteroatoms. The monoisotopic (exact) mass is 231 g/mol. The minimum absolute atomic E-state index is 0.316. The number of nitrogens with zero attached hydrogens (tertiary/aromatic N) is 1. The van der Waals surface area contributed by atoms with Crippen LogP contribution in [0.2, 0.25) is 0 Å². The Balaban J connectivity index is 2.72. The summed E-state index contributed by atoms with van der Waals surface area (Å²) in [7, 11) is 0. The molecule has 0 aliphatic heterocycles. The van der Waals surface area contributed by atoms with Gasteiger partial charge in [-0.2, -0.15) is 0 Å². The van der Waals surface area contributed by atoms with Crippen LogP contribution in [0.15, 0.2) is 36.7 Å². The highest BCUT2D eigenvalue weighted by molar-refractivity contribution is 5.96. The smallest absolute Gasteiger partial charge is 0.339 e. The quantitative estimate of drug-likeness (QED) is 0.864. The van der Waals surface area contributed by atoms with Gasteiger partial charge in [-0.25, -0.2) is 9.18 Å². The maximum Gasteiger partial charge on any atom is 0.339 e. The summed E-state index contributed by atoms with van der Waals surface area (Å²) in [6, 6.07) is 5.96. The molecule has 0 aliphatic rings. The predicted molar refractivity (Wildman–Crippen MR) is 61.3 cm³/mol. The number of aromatic nitrogens is 1. The molecule has 0 fully saturated rings. The van der Waals surface area contributed by atoms with Crippen LogP contribution >= 0.6 is 0 Å². The molecule has 1 aromatic carbocycles. The van der Waals surface area contributed by atoms with Gasteiger partial charge in [-0.3, -0.25) is 4.98 Å². The van der Waals surface area contributed by atoms with Crippen LogP contribution in [0.4, 0.5) is 4.39 Å². The van der Waals surface area contributed by atoms with Crippen LogP contribution < -0.4 is 0 Å². The van der Waals surface area contributed by atoms with Crippen LogP contribution in [0.1, 0.15) is 15.9 Å². The molecule has 2 rings (SSSR count). The average Bonchev–Trinajstić information content (AvgIpc) is 2.28. The highest BCUT2D eigenvalue weighted by Crippen LogP contribution is 2.27. The molecule has 0 bridgehead atoms. The molecule has 1 N–H and O–H groups in total. The van der Waals surface area contributed by atoms with Crippen LogP contribution in [0.3, 0.4) is 0 Å². The number of halogens is 1. The first-order valence-corrected chi connectivity index (χ1v) is 5.04. The number of hydrogen-bond acceptors (Lipinski definition) is 2. The number of carboxylic acid groups (broad SMARTS) is 1. The van der Waals surface area contributed by atoms with Crippen molar-refractivity contribution in [2.75, 3.05) is 0 Å². The summed E-state index contributed by atoms with van der Waals surface area (Å²) >= 11 is 0. The molecule has 0 unspecified atom stereocenters. The fourth-order valence-corrected chi connectivity index (χ4v) is 1.71. The number of aryl methyl sites for hydroxylation is 1. The number of hydrogen-bond donors (Lipinski definition) is 1. The Morgan fingerprint density at radius 3 is 2.71 bits per heavy atom. The highest BCUT2D eigenvalue weighted by Gasteiger charge is 2.17. The van der Waals surface area contributed by atoms with Gasteiger partial charge >= 0.3 is 5.97 Å². The van der Waals surface area contributed by atoms with Crippen molar-refractivity contribution in [3.63, 3.8) is 0 Å². The van der Waals surface area contributed by atoms with E-state index in [1.807, 2.05) is 6.92 Å². The Labute approximate surface area is 97.6 Å². The van der Waals surface area contributed by atoms with Gasteiger partial charge in [0.15, 0.2) is 0 Å². The summed E-state index contributed by atoms with van der Waals surface area (Å²) in [5.41, 5.74) is 1.52. The summed E-state index contributed by atoms with van der Waals surface area (Å²) in [5, 5.41) is 9.04. The molecule has 0 saturated heterocycles. The molecule has 86 valence electrons. The minimum Gasteiger partial charge on any atom is -0.478 e. The van der Waals surface area contributed by atoms with Crippen molar-refractivity contribution in [3.05, 3.63) is 53.6 Å². The second-order valence-electron chi connectivity index (χ2n) is 3.66. The number of carboxylic acids is 1. The Kier molecular flexibility index (Phi) is 2.87.